The maximum absolute atomic E-state index is 12.2. The van der Waals surface area contributed by atoms with Gasteiger partial charge in [-0.2, -0.15) is 0 Å². The van der Waals surface area contributed by atoms with E-state index in [0.29, 0.717) is 12.3 Å². The maximum atomic E-state index is 12.2. The van der Waals surface area contributed by atoms with Crippen molar-refractivity contribution in [3.63, 3.8) is 0 Å². The van der Waals surface area contributed by atoms with Gasteiger partial charge in [0.15, 0.2) is 0 Å². The van der Waals surface area contributed by atoms with E-state index >= 15 is 0 Å². The SMILES string of the molecule is CC(C)CC(=O)N1CCCC1c1ccc(Cl)cc1. The molecule has 1 atom stereocenters. The lowest BCUT2D eigenvalue weighted by molar-refractivity contribution is -0.132. The molecule has 1 heterocycles. The molecule has 1 fully saturated rings. The Morgan fingerprint density at radius 1 is 1.39 bits per heavy atom. The molecule has 0 aliphatic carbocycles. The minimum absolute atomic E-state index is 0.244. The molecule has 1 unspecified atom stereocenters. The van der Waals surface area contributed by atoms with E-state index in [1.165, 1.54) is 5.56 Å². The lowest BCUT2D eigenvalue weighted by atomic mass is 10.0. The number of nitrogens with zero attached hydrogens (tertiary/aromatic N) is 1. The van der Waals surface area contributed by atoms with Gasteiger partial charge in [0.2, 0.25) is 5.91 Å². The van der Waals surface area contributed by atoms with Crippen LogP contribution in [0.3, 0.4) is 0 Å². The molecule has 0 radical (unpaired) electrons. The number of carbonyl (C=O) groups is 1. The van der Waals surface area contributed by atoms with E-state index < -0.39 is 0 Å². The van der Waals surface area contributed by atoms with Crippen molar-refractivity contribution in [3.05, 3.63) is 34.9 Å². The van der Waals surface area contributed by atoms with Gasteiger partial charge in [-0.1, -0.05) is 37.6 Å². The highest BCUT2D eigenvalue weighted by Crippen LogP contribution is 2.33. The fourth-order valence-electron chi connectivity index (χ4n) is 2.56. The molecule has 98 valence electrons. The molecule has 1 aliphatic heterocycles. The Morgan fingerprint density at radius 3 is 2.67 bits per heavy atom. The molecule has 2 rings (SSSR count). The van der Waals surface area contributed by atoms with Gasteiger partial charge in [0, 0.05) is 18.0 Å². The maximum Gasteiger partial charge on any atom is 0.223 e. The highest BCUT2D eigenvalue weighted by molar-refractivity contribution is 6.30. The average molecular weight is 266 g/mol. The zero-order chi connectivity index (χ0) is 13.1. The summed E-state index contributed by atoms with van der Waals surface area (Å²) in [5, 5.41) is 0.747. The first kappa shape index (κ1) is 13.4. The number of halogens is 1. The van der Waals surface area contributed by atoms with Gasteiger partial charge in [-0.15, -0.1) is 0 Å². The predicted molar refractivity (Wildman–Crippen MR) is 74.6 cm³/mol. The molecule has 2 nitrogen and oxygen atoms in total. The zero-order valence-corrected chi connectivity index (χ0v) is 11.8. The van der Waals surface area contributed by atoms with Gasteiger partial charge in [0.1, 0.15) is 0 Å². The second-order valence-electron chi connectivity index (χ2n) is 5.39. The number of carbonyl (C=O) groups excluding carboxylic acids is 1. The number of benzene rings is 1. The Labute approximate surface area is 114 Å². The van der Waals surface area contributed by atoms with Crippen LogP contribution in [-0.4, -0.2) is 17.4 Å². The van der Waals surface area contributed by atoms with Crippen LogP contribution in [0.2, 0.25) is 5.02 Å². The van der Waals surface area contributed by atoms with E-state index in [9.17, 15) is 4.79 Å². The van der Waals surface area contributed by atoms with Crippen molar-refractivity contribution in [2.45, 2.75) is 39.2 Å². The van der Waals surface area contributed by atoms with Crippen LogP contribution >= 0.6 is 11.6 Å². The zero-order valence-electron chi connectivity index (χ0n) is 11.0. The number of hydrogen-bond donors (Lipinski definition) is 0. The molecule has 1 amide bonds. The normalized spacial score (nSPS) is 19.6. The summed E-state index contributed by atoms with van der Waals surface area (Å²) < 4.78 is 0. The molecule has 0 aromatic heterocycles. The minimum Gasteiger partial charge on any atom is -0.336 e. The van der Waals surface area contributed by atoms with Crippen LogP contribution in [0.5, 0.6) is 0 Å². The summed E-state index contributed by atoms with van der Waals surface area (Å²) in [6.07, 6.45) is 2.80. The van der Waals surface area contributed by atoms with Gasteiger partial charge in [0.25, 0.3) is 0 Å². The second-order valence-corrected chi connectivity index (χ2v) is 5.83. The molecule has 1 saturated heterocycles. The summed E-state index contributed by atoms with van der Waals surface area (Å²) in [5.74, 6) is 0.700. The Hall–Kier alpha value is -1.02. The Kier molecular flexibility index (Phi) is 4.28. The van der Waals surface area contributed by atoms with Crippen molar-refractivity contribution in [1.82, 2.24) is 4.90 Å². The number of hydrogen-bond acceptors (Lipinski definition) is 1. The van der Waals surface area contributed by atoms with Crippen molar-refractivity contribution in [1.29, 1.82) is 0 Å². The number of likely N-dealkylation sites (tertiary alicyclic amines) is 1. The lowest BCUT2D eigenvalue weighted by Crippen LogP contribution is -2.31. The molecule has 18 heavy (non-hydrogen) atoms. The summed E-state index contributed by atoms with van der Waals surface area (Å²) in [4.78, 5) is 14.2. The monoisotopic (exact) mass is 265 g/mol. The van der Waals surface area contributed by atoms with Crippen LogP contribution in [0.15, 0.2) is 24.3 Å². The first-order chi connectivity index (χ1) is 8.58. The van der Waals surface area contributed by atoms with Crippen molar-refractivity contribution in [2.24, 2.45) is 5.92 Å². The number of amides is 1. The summed E-state index contributed by atoms with van der Waals surface area (Å²) in [7, 11) is 0. The van der Waals surface area contributed by atoms with Crippen LogP contribution in [0.4, 0.5) is 0 Å². The first-order valence-electron chi connectivity index (χ1n) is 6.63. The van der Waals surface area contributed by atoms with Crippen molar-refractivity contribution in [2.75, 3.05) is 6.54 Å². The largest absolute Gasteiger partial charge is 0.336 e. The Morgan fingerprint density at radius 2 is 2.06 bits per heavy atom. The molecule has 3 heteroatoms. The lowest BCUT2D eigenvalue weighted by Gasteiger charge is -2.26. The molecule has 0 spiro atoms. The topological polar surface area (TPSA) is 20.3 Å². The smallest absolute Gasteiger partial charge is 0.223 e. The third-order valence-corrected chi connectivity index (χ3v) is 3.66. The van der Waals surface area contributed by atoms with E-state index in [2.05, 4.69) is 13.8 Å². The quantitative estimate of drug-likeness (QED) is 0.807. The molecule has 0 saturated carbocycles. The number of rotatable bonds is 3. The first-order valence-corrected chi connectivity index (χ1v) is 7.00. The molecule has 0 bridgehead atoms. The second kappa shape index (κ2) is 5.75. The molecule has 1 aromatic carbocycles. The fraction of sp³-hybridized carbons (Fsp3) is 0.533. The summed E-state index contributed by atoms with van der Waals surface area (Å²) in [6.45, 7) is 5.06. The van der Waals surface area contributed by atoms with Gasteiger partial charge >= 0.3 is 0 Å². The van der Waals surface area contributed by atoms with Gasteiger partial charge in [0.05, 0.1) is 6.04 Å². The van der Waals surface area contributed by atoms with Gasteiger partial charge in [-0.05, 0) is 36.5 Å². The molecule has 0 N–H and O–H groups in total. The Bertz CT molecular complexity index is 413. The molecule has 1 aromatic rings. The molecular formula is C15H20ClNO. The van der Waals surface area contributed by atoms with E-state index in [1.54, 1.807) is 0 Å². The summed E-state index contributed by atoms with van der Waals surface area (Å²) >= 11 is 5.91. The molecule has 1 aliphatic rings. The van der Waals surface area contributed by atoms with Gasteiger partial charge in [-0.25, -0.2) is 0 Å². The van der Waals surface area contributed by atoms with Crippen molar-refractivity contribution < 1.29 is 4.79 Å². The van der Waals surface area contributed by atoms with Crippen LogP contribution < -0.4 is 0 Å². The van der Waals surface area contributed by atoms with Crippen molar-refractivity contribution >= 4 is 17.5 Å². The van der Waals surface area contributed by atoms with Crippen LogP contribution in [0.25, 0.3) is 0 Å². The predicted octanol–water partition coefficient (Wildman–Crippen LogP) is 4.05. The van der Waals surface area contributed by atoms with E-state index in [4.69, 9.17) is 11.6 Å². The standard InChI is InChI=1S/C15H20ClNO/c1-11(2)10-15(18)17-9-3-4-14(17)12-5-7-13(16)8-6-12/h5-8,11,14H,3-4,9-10H2,1-2H3. The third kappa shape index (κ3) is 3.05. The fourth-order valence-corrected chi connectivity index (χ4v) is 2.69. The summed E-state index contributed by atoms with van der Waals surface area (Å²) in [5.41, 5.74) is 1.20. The van der Waals surface area contributed by atoms with Gasteiger partial charge < -0.3 is 4.90 Å². The van der Waals surface area contributed by atoms with Crippen molar-refractivity contribution in [3.8, 4) is 0 Å². The average Bonchev–Trinajstić information content (AvgIpc) is 2.78. The van der Waals surface area contributed by atoms with Crippen LogP contribution in [0.1, 0.15) is 44.7 Å². The van der Waals surface area contributed by atoms with Crippen LogP contribution in [0, 0.1) is 5.92 Å². The van der Waals surface area contributed by atoms with E-state index in [1.807, 2.05) is 29.2 Å². The van der Waals surface area contributed by atoms with Crippen LogP contribution in [-0.2, 0) is 4.79 Å². The summed E-state index contributed by atoms with van der Waals surface area (Å²) in [6, 6.07) is 8.12. The highest BCUT2D eigenvalue weighted by atomic mass is 35.5. The Balaban J connectivity index is 2.12. The highest BCUT2D eigenvalue weighted by Gasteiger charge is 2.29. The van der Waals surface area contributed by atoms with E-state index in [-0.39, 0.29) is 11.9 Å². The van der Waals surface area contributed by atoms with Gasteiger partial charge in [-0.3, -0.25) is 4.79 Å². The van der Waals surface area contributed by atoms with E-state index in [0.717, 1.165) is 24.4 Å². The third-order valence-electron chi connectivity index (χ3n) is 3.41. The molecular weight excluding hydrogens is 246 g/mol. The minimum atomic E-state index is 0.244.